The summed E-state index contributed by atoms with van der Waals surface area (Å²) >= 11 is 0. The van der Waals surface area contributed by atoms with Gasteiger partial charge in [0.15, 0.2) is 0 Å². The smallest absolute Gasteiger partial charge is 0.0811 e. The van der Waals surface area contributed by atoms with Crippen molar-refractivity contribution in [2.24, 2.45) is 5.73 Å². The lowest BCUT2D eigenvalue weighted by molar-refractivity contribution is 0.173. The predicted molar refractivity (Wildman–Crippen MR) is 57.0 cm³/mol. The Bertz CT molecular complexity index is 346. The van der Waals surface area contributed by atoms with Crippen molar-refractivity contribution in [1.82, 2.24) is 0 Å². The quantitative estimate of drug-likeness (QED) is 0.715. The Morgan fingerprint density at radius 1 is 1.36 bits per heavy atom. The van der Waals surface area contributed by atoms with Crippen LogP contribution in [0.1, 0.15) is 55.0 Å². The third-order valence-electron chi connectivity index (χ3n) is 3.01. The highest BCUT2D eigenvalue weighted by Crippen LogP contribution is 2.38. The summed E-state index contributed by atoms with van der Waals surface area (Å²) in [6.07, 6.45) is 0.301. The van der Waals surface area contributed by atoms with E-state index in [0.717, 1.165) is 11.1 Å². The number of aliphatic hydroxyl groups is 1. The van der Waals surface area contributed by atoms with Crippen molar-refractivity contribution in [3.05, 3.63) is 34.9 Å². The Morgan fingerprint density at radius 2 is 2.07 bits per heavy atom. The Hall–Kier alpha value is -0.860. The molecule has 0 fully saturated rings. The first-order valence-electron chi connectivity index (χ1n) is 5.17. The number of nitrogens with two attached hydrogens (primary N) is 1. The Labute approximate surface area is 84.7 Å². The van der Waals surface area contributed by atoms with Gasteiger partial charge in [-0.1, -0.05) is 32.0 Å². The van der Waals surface area contributed by atoms with Crippen molar-refractivity contribution < 1.29 is 5.11 Å². The summed E-state index contributed by atoms with van der Waals surface area (Å²) in [5.74, 6) is 0.504. The number of hydrogen-bond acceptors (Lipinski definition) is 2. The van der Waals surface area contributed by atoms with E-state index < -0.39 is 0 Å². The van der Waals surface area contributed by atoms with Gasteiger partial charge in [0.1, 0.15) is 0 Å². The average Bonchev–Trinajstić information content (AvgIpc) is 2.42. The van der Waals surface area contributed by atoms with Gasteiger partial charge in [-0.15, -0.1) is 0 Å². The molecule has 2 nitrogen and oxygen atoms in total. The minimum Gasteiger partial charge on any atom is -0.388 e. The SMILES string of the molecule is CC(C)c1ccc2c(c1)C(O)CC2N. The fourth-order valence-electron chi connectivity index (χ4n) is 2.07. The molecule has 1 aliphatic rings. The molecule has 1 aromatic carbocycles. The van der Waals surface area contributed by atoms with Crippen LogP contribution in [0, 0.1) is 0 Å². The van der Waals surface area contributed by atoms with Crippen molar-refractivity contribution in [2.75, 3.05) is 0 Å². The van der Waals surface area contributed by atoms with Crippen LogP contribution < -0.4 is 5.73 Å². The van der Waals surface area contributed by atoms with Crippen molar-refractivity contribution in [3.63, 3.8) is 0 Å². The highest BCUT2D eigenvalue weighted by Gasteiger charge is 2.27. The number of hydrogen-bond donors (Lipinski definition) is 2. The van der Waals surface area contributed by atoms with E-state index in [-0.39, 0.29) is 12.1 Å². The third-order valence-corrected chi connectivity index (χ3v) is 3.01. The lowest BCUT2D eigenvalue weighted by Gasteiger charge is -2.10. The second kappa shape index (κ2) is 3.37. The van der Waals surface area contributed by atoms with E-state index in [1.165, 1.54) is 5.56 Å². The summed E-state index contributed by atoms with van der Waals surface area (Å²) < 4.78 is 0. The van der Waals surface area contributed by atoms with Crippen LogP contribution in [-0.2, 0) is 0 Å². The van der Waals surface area contributed by atoms with Gasteiger partial charge in [0.25, 0.3) is 0 Å². The monoisotopic (exact) mass is 191 g/mol. The van der Waals surface area contributed by atoms with E-state index in [1.807, 2.05) is 0 Å². The molecule has 2 rings (SSSR count). The van der Waals surface area contributed by atoms with Crippen LogP contribution in [0.3, 0.4) is 0 Å². The van der Waals surface area contributed by atoms with E-state index >= 15 is 0 Å². The Morgan fingerprint density at radius 3 is 2.71 bits per heavy atom. The topological polar surface area (TPSA) is 46.2 Å². The number of rotatable bonds is 1. The van der Waals surface area contributed by atoms with Crippen molar-refractivity contribution in [1.29, 1.82) is 0 Å². The molecule has 0 amide bonds. The molecular weight excluding hydrogens is 174 g/mol. The van der Waals surface area contributed by atoms with E-state index in [4.69, 9.17) is 5.73 Å². The first-order valence-corrected chi connectivity index (χ1v) is 5.17. The molecule has 0 aliphatic heterocycles. The summed E-state index contributed by atoms with van der Waals surface area (Å²) in [6.45, 7) is 4.31. The maximum Gasteiger partial charge on any atom is 0.0811 e. The molecular formula is C12H17NO. The zero-order valence-corrected chi connectivity index (χ0v) is 8.70. The molecule has 0 saturated heterocycles. The molecule has 2 atom stereocenters. The normalized spacial score (nSPS) is 25.5. The van der Waals surface area contributed by atoms with Gasteiger partial charge in [-0.05, 0) is 29.0 Å². The molecule has 0 heterocycles. The van der Waals surface area contributed by atoms with Crippen LogP contribution in [0.25, 0.3) is 0 Å². The molecule has 0 spiro atoms. The van der Waals surface area contributed by atoms with Gasteiger partial charge in [-0.25, -0.2) is 0 Å². The summed E-state index contributed by atoms with van der Waals surface area (Å²) in [4.78, 5) is 0. The summed E-state index contributed by atoms with van der Waals surface area (Å²) in [5, 5.41) is 9.78. The Kier molecular flexibility index (Phi) is 2.33. The predicted octanol–water partition coefficient (Wildman–Crippen LogP) is 2.25. The highest BCUT2D eigenvalue weighted by atomic mass is 16.3. The molecule has 2 unspecified atom stereocenters. The second-order valence-corrected chi connectivity index (χ2v) is 4.40. The summed E-state index contributed by atoms with van der Waals surface area (Å²) in [7, 11) is 0. The number of aliphatic hydroxyl groups excluding tert-OH is 1. The Balaban J connectivity index is 2.45. The zero-order chi connectivity index (χ0) is 10.3. The largest absolute Gasteiger partial charge is 0.388 e. The van der Waals surface area contributed by atoms with E-state index in [9.17, 15) is 5.11 Å². The third kappa shape index (κ3) is 1.45. The van der Waals surface area contributed by atoms with Crippen LogP contribution in [0.2, 0.25) is 0 Å². The minimum absolute atomic E-state index is 0.0150. The van der Waals surface area contributed by atoms with Crippen LogP contribution in [-0.4, -0.2) is 5.11 Å². The first kappa shape index (κ1) is 9.69. The van der Waals surface area contributed by atoms with Gasteiger partial charge < -0.3 is 10.8 Å². The van der Waals surface area contributed by atoms with Gasteiger partial charge in [0.2, 0.25) is 0 Å². The fraction of sp³-hybridized carbons (Fsp3) is 0.500. The highest BCUT2D eigenvalue weighted by molar-refractivity contribution is 5.40. The van der Waals surface area contributed by atoms with Crippen molar-refractivity contribution >= 4 is 0 Å². The molecule has 2 heteroatoms. The second-order valence-electron chi connectivity index (χ2n) is 4.40. The van der Waals surface area contributed by atoms with Gasteiger partial charge in [0, 0.05) is 6.04 Å². The van der Waals surface area contributed by atoms with Crippen molar-refractivity contribution in [2.45, 2.75) is 38.3 Å². The maximum atomic E-state index is 9.78. The lowest BCUT2D eigenvalue weighted by Crippen LogP contribution is -2.05. The maximum absolute atomic E-state index is 9.78. The van der Waals surface area contributed by atoms with Gasteiger partial charge in [0.05, 0.1) is 6.10 Å². The van der Waals surface area contributed by atoms with E-state index in [1.54, 1.807) is 0 Å². The minimum atomic E-state index is -0.362. The average molecular weight is 191 g/mol. The molecule has 0 aromatic heterocycles. The van der Waals surface area contributed by atoms with Gasteiger partial charge >= 0.3 is 0 Å². The summed E-state index contributed by atoms with van der Waals surface area (Å²) in [5.41, 5.74) is 9.32. The van der Waals surface area contributed by atoms with Crippen LogP contribution in [0.4, 0.5) is 0 Å². The molecule has 1 aliphatic carbocycles. The molecule has 3 N–H and O–H groups in total. The number of fused-ring (bicyclic) bond motifs is 1. The lowest BCUT2D eigenvalue weighted by atomic mass is 9.97. The number of benzene rings is 1. The van der Waals surface area contributed by atoms with Gasteiger partial charge in [-0.2, -0.15) is 0 Å². The molecule has 14 heavy (non-hydrogen) atoms. The van der Waals surface area contributed by atoms with Crippen LogP contribution in [0.5, 0.6) is 0 Å². The van der Waals surface area contributed by atoms with Crippen LogP contribution in [0.15, 0.2) is 18.2 Å². The molecule has 0 saturated carbocycles. The van der Waals surface area contributed by atoms with E-state index in [2.05, 4.69) is 32.0 Å². The van der Waals surface area contributed by atoms with Crippen LogP contribution >= 0.6 is 0 Å². The fourth-order valence-corrected chi connectivity index (χ4v) is 2.07. The van der Waals surface area contributed by atoms with E-state index in [0.29, 0.717) is 12.3 Å². The zero-order valence-electron chi connectivity index (χ0n) is 8.70. The molecule has 76 valence electrons. The first-order chi connectivity index (χ1) is 6.59. The van der Waals surface area contributed by atoms with Crippen molar-refractivity contribution in [3.8, 4) is 0 Å². The molecule has 0 bridgehead atoms. The van der Waals surface area contributed by atoms with Gasteiger partial charge in [-0.3, -0.25) is 0 Å². The summed E-state index contributed by atoms with van der Waals surface area (Å²) in [6, 6.07) is 6.28. The standard InChI is InChI=1S/C12H17NO/c1-7(2)8-3-4-9-10(5-8)12(14)6-11(9)13/h3-5,7,11-12,14H,6,13H2,1-2H3. The molecule has 0 radical (unpaired) electrons. The molecule has 1 aromatic rings.